The SMILES string of the molecule is O=C(NCc1cccc(NC(=O)C2CCC2)c1)C1CC(=O)N(C2CCCC2)C1. The summed E-state index contributed by atoms with van der Waals surface area (Å²) in [7, 11) is 0. The van der Waals surface area contributed by atoms with Crippen LogP contribution in [0.1, 0.15) is 56.9 Å². The average molecular weight is 383 g/mol. The predicted molar refractivity (Wildman–Crippen MR) is 106 cm³/mol. The van der Waals surface area contributed by atoms with Gasteiger partial charge in [0, 0.05) is 37.2 Å². The van der Waals surface area contributed by atoms with Gasteiger partial charge in [0.05, 0.1) is 5.92 Å². The monoisotopic (exact) mass is 383 g/mol. The Morgan fingerprint density at radius 2 is 1.79 bits per heavy atom. The fourth-order valence-electron chi connectivity index (χ4n) is 4.48. The highest BCUT2D eigenvalue weighted by molar-refractivity contribution is 5.93. The first-order chi connectivity index (χ1) is 13.6. The zero-order valence-corrected chi connectivity index (χ0v) is 16.3. The van der Waals surface area contributed by atoms with E-state index in [9.17, 15) is 14.4 Å². The normalized spacial score (nSPS) is 22.9. The molecule has 28 heavy (non-hydrogen) atoms. The van der Waals surface area contributed by atoms with Gasteiger partial charge in [0.25, 0.3) is 0 Å². The second kappa shape index (κ2) is 8.33. The van der Waals surface area contributed by atoms with Gasteiger partial charge < -0.3 is 15.5 Å². The third kappa shape index (κ3) is 4.21. The summed E-state index contributed by atoms with van der Waals surface area (Å²) in [6, 6.07) is 7.93. The number of anilines is 1. The lowest BCUT2D eigenvalue weighted by atomic mass is 9.85. The van der Waals surface area contributed by atoms with Gasteiger partial charge in [-0.05, 0) is 43.4 Å². The van der Waals surface area contributed by atoms with Crippen LogP contribution in [0, 0.1) is 11.8 Å². The van der Waals surface area contributed by atoms with Crippen molar-refractivity contribution in [2.45, 2.75) is 64.0 Å². The molecule has 3 fully saturated rings. The highest BCUT2D eigenvalue weighted by atomic mass is 16.2. The number of likely N-dealkylation sites (tertiary alicyclic amines) is 1. The highest BCUT2D eigenvalue weighted by Gasteiger charge is 2.38. The Labute approximate surface area is 166 Å². The van der Waals surface area contributed by atoms with Gasteiger partial charge in [-0.1, -0.05) is 31.4 Å². The summed E-state index contributed by atoms with van der Waals surface area (Å²) in [6.07, 6.45) is 7.89. The van der Waals surface area contributed by atoms with Crippen LogP contribution in [0.3, 0.4) is 0 Å². The van der Waals surface area contributed by atoms with Crippen molar-refractivity contribution in [2.24, 2.45) is 11.8 Å². The van der Waals surface area contributed by atoms with Crippen LogP contribution in [-0.4, -0.2) is 35.2 Å². The third-order valence-corrected chi connectivity index (χ3v) is 6.43. The number of benzene rings is 1. The number of carbonyl (C=O) groups excluding carboxylic acids is 3. The Hall–Kier alpha value is -2.37. The molecule has 150 valence electrons. The molecule has 2 saturated carbocycles. The average Bonchev–Trinajstić information content (AvgIpc) is 3.27. The molecule has 1 saturated heterocycles. The number of amides is 3. The first-order valence-electron chi connectivity index (χ1n) is 10.6. The number of hydrogen-bond acceptors (Lipinski definition) is 3. The van der Waals surface area contributed by atoms with Crippen LogP contribution >= 0.6 is 0 Å². The number of rotatable bonds is 6. The highest BCUT2D eigenvalue weighted by Crippen LogP contribution is 2.30. The van der Waals surface area contributed by atoms with Gasteiger partial charge in [-0.25, -0.2) is 0 Å². The van der Waals surface area contributed by atoms with E-state index in [1.54, 1.807) is 0 Å². The van der Waals surface area contributed by atoms with E-state index < -0.39 is 0 Å². The zero-order chi connectivity index (χ0) is 19.5. The summed E-state index contributed by atoms with van der Waals surface area (Å²) >= 11 is 0. The number of hydrogen-bond donors (Lipinski definition) is 2. The van der Waals surface area contributed by atoms with Gasteiger partial charge in [0.1, 0.15) is 0 Å². The van der Waals surface area contributed by atoms with Crippen LogP contribution in [0.15, 0.2) is 24.3 Å². The summed E-state index contributed by atoms with van der Waals surface area (Å²) < 4.78 is 0. The third-order valence-electron chi connectivity index (χ3n) is 6.43. The molecule has 1 heterocycles. The molecule has 1 atom stereocenters. The van der Waals surface area contributed by atoms with Crippen molar-refractivity contribution in [1.82, 2.24) is 10.2 Å². The minimum Gasteiger partial charge on any atom is -0.352 e. The van der Waals surface area contributed by atoms with Gasteiger partial charge in [-0.2, -0.15) is 0 Å². The molecular formula is C22H29N3O3. The molecule has 0 radical (unpaired) electrons. The van der Waals surface area contributed by atoms with E-state index in [0.717, 1.165) is 43.4 Å². The fraction of sp³-hybridized carbons (Fsp3) is 0.591. The largest absolute Gasteiger partial charge is 0.352 e. The van der Waals surface area contributed by atoms with Gasteiger partial charge >= 0.3 is 0 Å². The molecule has 1 unspecified atom stereocenters. The molecule has 6 heteroatoms. The predicted octanol–water partition coefficient (Wildman–Crippen LogP) is 2.83. The first-order valence-corrected chi connectivity index (χ1v) is 10.6. The summed E-state index contributed by atoms with van der Waals surface area (Å²) in [5.41, 5.74) is 1.71. The number of nitrogens with zero attached hydrogens (tertiary/aromatic N) is 1. The van der Waals surface area contributed by atoms with E-state index in [1.165, 1.54) is 12.8 Å². The van der Waals surface area contributed by atoms with E-state index in [1.807, 2.05) is 29.2 Å². The lowest BCUT2D eigenvalue weighted by Crippen LogP contribution is -2.36. The van der Waals surface area contributed by atoms with Crippen molar-refractivity contribution < 1.29 is 14.4 Å². The maximum Gasteiger partial charge on any atom is 0.227 e. The molecule has 3 amide bonds. The Morgan fingerprint density at radius 3 is 2.50 bits per heavy atom. The van der Waals surface area contributed by atoms with Crippen molar-refractivity contribution in [1.29, 1.82) is 0 Å². The smallest absolute Gasteiger partial charge is 0.227 e. The van der Waals surface area contributed by atoms with Crippen LogP contribution in [0.4, 0.5) is 5.69 Å². The van der Waals surface area contributed by atoms with E-state index in [2.05, 4.69) is 10.6 Å². The van der Waals surface area contributed by atoms with E-state index in [0.29, 0.717) is 25.6 Å². The molecule has 6 nitrogen and oxygen atoms in total. The first kappa shape index (κ1) is 19.0. The second-order valence-electron chi connectivity index (χ2n) is 8.42. The topological polar surface area (TPSA) is 78.5 Å². The molecule has 0 bridgehead atoms. The Balaban J connectivity index is 1.28. The molecule has 2 N–H and O–H groups in total. The summed E-state index contributed by atoms with van der Waals surface area (Å²) in [5, 5.41) is 5.93. The van der Waals surface area contributed by atoms with Gasteiger partial charge in [-0.3, -0.25) is 14.4 Å². The minimum absolute atomic E-state index is 0.0576. The lowest BCUT2D eigenvalue weighted by Gasteiger charge is -2.24. The van der Waals surface area contributed by atoms with Crippen molar-refractivity contribution in [3.8, 4) is 0 Å². The molecule has 3 aliphatic rings. The van der Waals surface area contributed by atoms with E-state index in [-0.39, 0.29) is 29.6 Å². The van der Waals surface area contributed by atoms with Crippen LogP contribution in [0.25, 0.3) is 0 Å². The molecule has 2 aliphatic carbocycles. The van der Waals surface area contributed by atoms with Crippen LogP contribution in [0.2, 0.25) is 0 Å². The second-order valence-corrected chi connectivity index (χ2v) is 8.42. The van der Waals surface area contributed by atoms with Crippen molar-refractivity contribution in [3.05, 3.63) is 29.8 Å². The lowest BCUT2D eigenvalue weighted by molar-refractivity contribution is -0.130. The standard InChI is InChI=1S/C22H29N3O3/c26-20-12-17(14-25(20)19-9-1-2-10-19)21(27)23-13-15-5-3-8-18(11-15)24-22(28)16-6-4-7-16/h3,5,8,11,16-17,19H,1-2,4,6-7,9-10,12-14H2,(H,23,27)(H,24,28). The van der Waals surface area contributed by atoms with Gasteiger partial charge in [0.15, 0.2) is 0 Å². The summed E-state index contributed by atoms with van der Waals surface area (Å²) in [6.45, 7) is 0.951. The Bertz CT molecular complexity index is 753. The maximum atomic E-state index is 12.6. The molecule has 1 aromatic rings. The molecular weight excluding hydrogens is 354 g/mol. The Kier molecular flexibility index (Phi) is 5.64. The van der Waals surface area contributed by atoms with Crippen molar-refractivity contribution >= 4 is 23.4 Å². The van der Waals surface area contributed by atoms with Gasteiger partial charge in [0.2, 0.25) is 17.7 Å². The Morgan fingerprint density at radius 1 is 1.00 bits per heavy atom. The molecule has 4 rings (SSSR count). The fourth-order valence-corrected chi connectivity index (χ4v) is 4.48. The summed E-state index contributed by atoms with van der Waals surface area (Å²) in [4.78, 5) is 38.9. The van der Waals surface area contributed by atoms with Crippen molar-refractivity contribution in [3.63, 3.8) is 0 Å². The molecule has 1 aliphatic heterocycles. The van der Waals surface area contributed by atoms with Crippen LogP contribution < -0.4 is 10.6 Å². The number of nitrogens with one attached hydrogen (secondary N) is 2. The zero-order valence-electron chi connectivity index (χ0n) is 16.3. The van der Waals surface area contributed by atoms with E-state index >= 15 is 0 Å². The van der Waals surface area contributed by atoms with E-state index in [4.69, 9.17) is 0 Å². The van der Waals surface area contributed by atoms with Gasteiger partial charge in [-0.15, -0.1) is 0 Å². The molecule has 1 aromatic carbocycles. The molecule has 0 spiro atoms. The van der Waals surface area contributed by atoms with Crippen LogP contribution in [-0.2, 0) is 20.9 Å². The maximum absolute atomic E-state index is 12.6. The van der Waals surface area contributed by atoms with Crippen LogP contribution in [0.5, 0.6) is 0 Å². The molecule has 0 aromatic heterocycles. The van der Waals surface area contributed by atoms with Crippen molar-refractivity contribution in [2.75, 3.05) is 11.9 Å². The quantitative estimate of drug-likeness (QED) is 0.793. The number of carbonyl (C=O) groups is 3. The minimum atomic E-state index is -0.255. The summed E-state index contributed by atoms with van der Waals surface area (Å²) in [5.74, 6) is 0.0371.